The van der Waals surface area contributed by atoms with Crippen molar-refractivity contribution in [2.75, 3.05) is 7.11 Å². The van der Waals surface area contributed by atoms with Crippen LogP contribution in [-0.4, -0.2) is 23.4 Å². The second kappa shape index (κ2) is 7.17. The summed E-state index contributed by atoms with van der Waals surface area (Å²) < 4.78 is 16.7. The van der Waals surface area contributed by atoms with Crippen LogP contribution in [0.4, 0.5) is 0 Å². The van der Waals surface area contributed by atoms with Crippen molar-refractivity contribution < 1.29 is 14.0 Å². The summed E-state index contributed by atoms with van der Waals surface area (Å²) in [5.74, 6) is 2.37. The first-order valence-electron chi connectivity index (χ1n) is 7.95. The molecule has 1 aromatic heterocycles. The van der Waals surface area contributed by atoms with E-state index in [4.69, 9.17) is 14.0 Å². The Morgan fingerprint density at radius 1 is 1.04 bits per heavy atom. The van der Waals surface area contributed by atoms with Gasteiger partial charge < -0.3 is 14.0 Å². The summed E-state index contributed by atoms with van der Waals surface area (Å²) >= 11 is 0. The number of rotatable bonds is 6. The van der Waals surface area contributed by atoms with E-state index in [-0.39, 0.29) is 6.10 Å². The quantitative estimate of drug-likeness (QED) is 0.664. The predicted molar refractivity (Wildman–Crippen MR) is 92.1 cm³/mol. The molecule has 124 valence electrons. The Kier molecular flexibility index (Phi) is 4.79. The van der Waals surface area contributed by atoms with Crippen molar-refractivity contribution in [3.8, 4) is 34.3 Å². The lowest BCUT2D eigenvalue weighted by Crippen LogP contribution is -2.10. The summed E-state index contributed by atoms with van der Waals surface area (Å²) in [7, 11) is 1.62. The molecule has 0 saturated carbocycles. The lowest BCUT2D eigenvalue weighted by atomic mass is 10.2. The molecular weight excluding hydrogens is 304 g/mol. The van der Waals surface area contributed by atoms with Crippen LogP contribution in [0.2, 0.25) is 0 Å². The highest BCUT2D eigenvalue weighted by Gasteiger charge is 2.14. The molecule has 0 radical (unpaired) electrons. The molecule has 0 bridgehead atoms. The van der Waals surface area contributed by atoms with Gasteiger partial charge in [0.05, 0.1) is 13.2 Å². The second-order valence-electron chi connectivity index (χ2n) is 5.49. The number of hydrogen-bond acceptors (Lipinski definition) is 5. The molecule has 3 rings (SSSR count). The van der Waals surface area contributed by atoms with Crippen LogP contribution in [0.1, 0.15) is 20.3 Å². The highest BCUT2D eigenvalue weighted by Crippen LogP contribution is 2.33. The zero-order valence-corrected chi connectivity index (χ0v) is 14.0. The molecule has 0 aliphatic rings. The van der Waals surface area contributed by atoms with Crippen LogP contribution in [0.15, 0.2) is 53.1 Å². The van der Waals surface area contributed by atoms with E-state index in [1.54, 1.807) is 7.11 Å². The molecule has 0 N–H and O–H groups in total. The molecule has 2 aromatic carbocycles. The largest absolute Gasteiger partial charge is 0.493 e. The Labute approximate surface area is 141 Å². The maximum Gasteiger partial charge on any atom is 0.258 e. The van der Waals surface area contributed by atoms with Crippen LogP contribution in [0.5, 0.6) is 11.5 Å². The molecule has 3 aromatic rings. The number of hydrogen-bond donors (Lipinski definition) is 0. The highest BCUT2D eigenvalue weighted by molar-refractivity contribution is 5.63. The maximum absolute atomic E-state index is 5.86. The molecule has 0 aliphatic heterocycles. The molecule has 24 heavy (non-hydrogen) atoms. The number of benzene rings is 2. The smallest absolute Gasteiger partial charge is 0.258 e. The Bertz CT molecular complexity index is 799. The maximum atomic E-state index is 5.86. The minimum atomic E-state index is 0.125. The zero-order chi connectivity index (χ0) is 16.9. The van der Waals surface area contributed by atoms with E-state index in [1.165, 1.54) is 0 Å². The van der Waals surface area contributed by atoms with Crippen molar-refractivity contribution in [2.45, 2.75) is 26.4 Å². The highest BCUT2D eigenvalue weighted by atomic mass is 16.5. The third-order valence-corrected chi connectivity index (χ3v) is 3.77. The lowest BCUT2D eigenvalue weighted by molar-refractivity contribution is 0.207. The molecule has 1 heterocycles. The van der Waals surface area contributed by atoms with E-state index >= 15 is 0 Å². The van der Waals surface area contributed by atoms with Gasteiger partial charge in [0, 0.05) is 11.1 Å². The first kappa shape index (κ1) is 16.1. The third-order valence-electron chi connectivity index (χ3n) is 3.77. The molecule has 0 spiro atoms. The van der Waals surface area contributed by atoms with E-state index in [0.29, 0.717) is 23.2 Å². The van der Waals surface area contributed by atoms with Gasteiger partial charge in [-0.05, 0) is 43.7 Å². The summed E-state index contributed by atoms with van der Waals surface area (Å²) in [5, 5.41) is 4.06. The SMILES string of the molecule is CCC(C)Oc1ccc(-c2noc(-c3ccccc3)n2)cc1OC. The Morgan fingerprint density at radius 2 is 1.83 bits per heavy atom. The van der Waals surface area contributed by atoms with Crippen molar-refractivity contribution >= 4 is 0 Å². The minimum absolute atomic E-state index is 0.125. The van der Waals surface area contributed by atoms with E-state index in [9.17, 15) is 0 Å². The summed E-state index contributed by atoms with van der Waals surface area (Å²) in [6, 6.07) is 15.3. The van der Waals surface area contributed by atoms with Crippen LogP contribution in [-0.2, 0) is 0 Å². The molecule has 0 aliphatic carbocycles. The number of ether oxygens (including phenoxy) is 2. The average molecular weight is 324 g/mol. The fourth-order valence-corrected chi connectivity index (χ4v) is 2.24. The van der Waals surface area contributed by atoms with Crippen LogP contribution in [0, 0.1) is 0 Å². The van der Waals surface area contributed by atoms with Crippen molar-refractivity contribution in [3.05, 3.63) is 48.5 Å². The van der Waals surface area contributed by atoms with E-state index < -0.39 is 0 Å². The summed E-state index contributed by atoms with van der Waals surface area (Å²) in [5.41, 5.74) is 1.70. The van der Waals surface area contributed by atoms with Crippen molar-refractivity contribution in [3.63, 3.8) is 0 Å². The molecule has 1 unspecified atom stereocenters. The van der Waals surface area contributed by atoms with Gasteiger partial charge in [-0.25, -0.2) is 0 Å². The first-order valence-corrected chi connectivity index (χ1v) is 7.95. The lowest BCUT2D eigenvalue weighted by Gasteiger charge is -2.15. The van der Waals surface area contributed by atoms with Crippen LogP contribution >= 0.6 is 0 Å². The van der Waals surface area contributed by atoms with Crippen molar-refractivity contribution in [1.29, 1.82) is 0 Å². The Morgan fingerprint density at radius 3 is 2.54 bits per heavy atom. The average Bonchev–Trinajstić information content (AvgIpc) is 3.12. The number of nitrogens with zero attached hydrogens (tertiary/aromatic N) is 2. The van der Waals surface area contributed by atoms with Gasteiger partial charge in [-0.1, -0.05) is 30.3 Å². The third kappa shape index (κ3) is 3.40. The van der Waals surface area contributed by atoms with Crippen molar-refractivity contribution in [2.24, 2.45) is 0 Å². The normalized spacial score (nSPS) is 12.0. The van der Waals surface area contributed by atoms with Crippen LogP contribution < -0.4 is 9.47 Å². The monoisotopic (exact) mass is 324 g/mol. The van der Waals surface area contributed by atoms with Gasteiger partial charge in [-0.3, -0.25) is 0 Å². The predicted octanol–water partition coefficient (Wildman–Crippen LogP) is 4.59. The molecule has 5 nitrogen and oxygen atoms in total. The standard InChI is InChI=1S/C19H20N2O3/c1-4-13(2)23-16-11-10-15(12-17(16)22-3)18-20-19(24-21-18)14-8-6-5-7-9-14/h5-13H,4H2,1-3H3. The first-order chi connectivity index (χ1) is 11.7. The van der Waals surface area contributed by atoms with E-state index in [1.807, 2.05) is 55.5 Å². The topological polar surface area (TPSA) is 57.4 Å². The Balaban J connectivity index is 1.89. The fourth-order valence-electron chi connectivity index (χ4n) is 2.24. The minimum Gasteiger partial charge on any atom is -0.493 e. The molecule has 0 saturated heterocycles. The molecule has 5 heteroatoms. The van der Waals surface area contributed by atoms with Gasteiger partial charge in [-0.2, -0.15) is 4.98 Å². The van der Waals surface area contributed by atoms with E-state index in [2.05, 4.69) is 17.1 Å². The van der Waals surface area contributed by atoms with Gasteiger partial charge in [-0.15, -0.1) is 0 Å². The van der Waals surface area contributed by atoms with Crippen LogP contribution in [0.3, 0.4) is 0 Å². The molecule has 0 fully saturated rings. The number of aromatic nitrogens is 2. The van der Waals surface area contributed by atoms with Gasteiger partial charge in [0.15, 0.2) is 11.5 Å². The van der Waals surface area contributed by atoms with Crippen molar-refractivity contribution in [1.82, 2.24) is 10.1 Å². The Hall–Kier alpha value is -2.82. The molecule has 1 atom stereocenters. The molecular formula is C19H20N2O3. The summed E-state index contributed by atoms with van der Waals surface area (Å²) in [4.78, 5) is 4.46. The summed E-state index contributed by atoms with van der Waals surface area (Å²) in [6.45, 7) is 4.11. The summed E-state index contributed by atoms with van der Waals surface area (Å²) in [6.07, 6.45) is 1.05. The number of methoxy groups -OCH3 is 1. The van der Waals surface area contributed by atoms with Gasteiger partial charge in [0.25, 0.3) is 5.89 Å². The second-order valence-corrected chi connectivity index (χ2v) is 5.49. The van der Waals surface area contributed by atoms with Gasteiger partial charge >= 0.3 is 0 Å². The van der Waals surface area contributed by atoms with Gasteiger partial charge in [0.2, 0.25) is 5.82 Å². The van der Waals surface area contributed by atoms with Gasteiger partial charge in [0.1, 0.15) is 0 Å². The van der Waals surface area contributed by atoms with E-state index in [0.717, 1.165) is 17.5 Å². The zero-order valence-electron chi connectivity index (χ0n) is 14.0. The van der Waals surface area contributed by atoms with Crippen LogP contribution in [0.25, 0.3) is 22.8 Å². The fraction of sp³-hybridized carbons (Fsp3) is 0.263. The molecule has 0 amide bonds.